The van der Waals surface area contributed by atoms with Gasteiger partial charge in [0.2, 0.25) is 5.91 Å². The third-order valence-corrected chi connectivity index (χ3v) is 9.34. The fourth-order valence-corrected chi connectivity index (χ4v) is 6.22. The third kappa shape index (κ3) is 4.82. The van der Waals surface area contributed by atoms with Crippen LogP contribution in [0.2, 0.25) is 0 Å². The number of nitrogens with zero attached hydrogens (tertiary/aromatic N) is 2. The zero-order valence-electron chi connectivity index (χ0n) is 19.3. The van der Waals surface area contributed by atoms with Gasteiger partial charge in [-0.05, 0) is 73.7 Å². The Bertz CT molecular complexity index is 1320. The zero-order chi connectivity index (χ0) is 25.4. The van der Waals surface area contributed by atoms with Gasteiger partial charge in [-0.3, -0.25) is 9.78 Å². The molecular weight excluding hydrogens is 477 g/mol. The molecule has 35 heavy (non-hydrogen) atoms. The average molecular weight is 503 g/mol. The summed E-state index contributed by atoms with van der Waals surface area (Å²) < 4.78 is 64.7. The molecule has 1 aliphatic rings. The predicted octanol–water partition coefficient (Wildman–Crippen LogP) is 5.76. The number of anilines is 1. The van der Waals surface area contributed by atoms with Crippen molar-refractivity contribution >= 4 is 21.4 Å². The van der Waals surface area contributed by atoms with Crippen molar-refractivity contribution in [2.75, 3.05) is 11.4 Å². The number of hydrogen-bond acceptors (Lipinski definition) is 4. The lowest BCUT2D eigenvalue weighted by Crippen LogP contribution is -2.48. The van der Waals surface area contributed by atoms with E-state index in [0.29, 0.717) is 24.7 Å². The minimum atomic E-state index is -4.65. The summed E-state index contributed by atoms with van der Waals surface area (Å²) in [6.07, 6.45) is -0.825. The van der Waals surface area contributed by atoms with Crippen LogP contribution >= 0.6 is 0 Å². The van der Waals surface area contributed by atoms with E-state index in [1.807, 2.05) is 36.4 Å². The SMILES string of the molecule is CC(C)([C@H]1CCN(c2ccc(-c3cccnc3)cc2)C(=O)C1)S(=O)(=O)c1cccc(C(F)(F)F)c1. The topological polar surface area (TPSA) is 67.3 Å². The molecule has 1 saturated heterocycles. The van der Waals surface area contributed by atoms with Crippen molar-refractivity contribution in [1.29, 1.82) is 0 Å². The molecule has 1 atom stereocenters. The molecule has 1 aliphatic heterocycles. The number of amides is 1. The highest BCUT2D eigenvalue weighted by Gasteiger charge is 2.46. The van der Waals surface area contributed by atoms with E-state index >= 15 is 0 Å². The Kier molecular flexibility index (Phi) is 6.48. The Labute approximate surface area is 202 Å². The Morgan fingerprint density at radius 2 is 1.69 bits per heavy atom. The van der Waals surface area contributed by atoms with Crippen molar-refractivity contribution < 1.29 is 26.4 Å². The van der Waals surface area contributed by atoms with Gasteiger partial charge in [0, 0.05) is 31.0 Å². The van der Waals surface area contributed by atoms with Crippen molar-refractivity contribution in [3.63, 3.8) is 0 Å². The van der Waals surface area contributed by atoms with Crippen LogP contribution in [0.5, 0.6) is 0 Å². The van der Waals surface area contributed by atoms with E-state index in [1.165, 1.54) is 19.9 Å². The number of halogens is 3. The van der Waals surface area contributed by atoms with E-state index in [0.717, 1.165) is 23.3 Å². The fraction of sp³-hybridized carbons (Fsp3) is 0.308. The molecule has 2 aromatic carbocycles. The first kappa shape index (κ1) is 24.9. The summed E-state index contributed by atoms with van der Waals surface area (Å²) in [5, 5.41) is 0. The molecule has 184 valence electrons. The van der Waals surface area contributed by atoms with Crippen LogP contribution in [0.4, 0.5) is 18.9 Å². The zero-order valence-corrected chi connectivity index (χ0v) is 20.1. The second-order valence-electron chi connectivity index (χ2n) is 9.16. The molecule has 0 aliphatic carbocycles. The number of pyridine rings is 1. The predicted molar refractivity (Wildman–Crippen MR) is 127 cm³/mol. The number of hydrogen-bond donors (Lipinski definition) is 0. The highest BCUT2D eigenvalue weighted by Crippen LogP contribution is 2.40. The van der Waals surface area contributed by atoms with Gasteiger partial charge in [-0.2, -0.15) is 13.2 Å². The molecule has 1 amide bonds. The normalized spacial score (nSPS) is 17.5. The van der Waals surface area contributed by atoms with Crippen molar-refractivity contribution in [3.8, 4) is 11.1 Å². The van der Waals surface area contributed by atoms with E-state index in [-0.39, 0.29) is 12.3 Å². The molecular formula is C26H25F3N2O3S. The first-order chi connectivity index (χ1) is 16.4. The number of benzene rings is 2. The molecule has 9 heteroatoms. The number of sulfone groups is 1. The van der Waals surface area contributed by atoms with Crippen molar-refractivity contribution in [2.45, 2.75) is 42.5 Å². The highest BCUT2D eigenvalue weighted by atomic mass is 32.2. The summed E-state index contributed by atoms with van der Waals surface area (Å²) in [6, 6.07) is 15.0. The van der Waals surface area contributed by atoms with Crippen LogP contribution in [-0.2, 0) is 20.8 Å². The number of piperidine rings is 1. The Balaban J connectivity index is 1.52. The molecule has 2 heterocycles. The number of alkyl halides is 3. The molecule has 0 saturated carbocycles. The van der Waals surface area contributed by atoms with Gasteiger partial charge in [-0.1, -0.05) is 24.3 Å². The van der Waals surface area contributed by atoms with E-state index in [2.05, 4.69) is 4.98 Å². The van der Waals surface area contributed by atoms with Crippen LogP contribution < -0.4 is 4.90 Å². The fourth-order valence-electron chi connectivity index (χ4n) is 4.43. The van der Waals surface area contributed by atoms with Crippen molar-refractivity contribution in [2.24, 2.45) is 5.92 Å². The number of rotatable bonds is 5. The van der Waals surface area contributed by atoms with E-state index < -0.39 is 37.1 Å². The molecule has 3 aromatic rings. The molecule has 1 fully saturated rings. The van der Waals surface area contributed by atoms with Gasteiger partial charge in [0.15, 0.2) is 9.84 Å². The van der Waals surface area contributed by atoms with Crippen LogP contribution in [0.3, 0.4) is 0 Å². The second kappa shape index (κ2) is 9.11. The molecule has 5 nitrogen and oxygen atoms in total. The maximum atomic E-state index is 13.4. The molecule has 0 unspecified atom stereocenters. The van der Waals surface area contributed by atoms with E-state index in [9.17, 15) is 26.4 Å². The van der Waals surface area contributed by atoms with Crippen LogP contribution in [-0.4, -0.2) is 30.6 Å². The largest absolute Gasteiger partial charge is 0.416 e. The molecule has 0 N–H and O–H groups in total. The minimum Gasteiger partial charge on any atom is -0.312 e. The summed E-state index contributed by atoms with van der Waals surface area (Å²) in [5.41, 5.74) is 1.60. The monoisotopic (exact) mass is 502 g/mol. The summed E-state index contributed by atoms with van der Waals surface area (Å²) >= 11 is 0. The summed E-state index contributed by atoms with van der Waals surface area (Å²) in [4.78, 5) is 18.4. The minimum absolute atomic E-state index is 0.0183. The maximum absolute atomic E-state index is 13.4. The quantitative estimate of drug-likeness (QED) is 0.445. The molecule has 0 spiro atoms. The third-order valence-electron chi connectivity index (χ3n) is 6.74. The standard InChI is InChI=1S/C26H25F3N2O3S/c1-25(2,35(33,34)23-7-3-6-21(15-23)26(27,28)29)20-12-14-31(24(32)16-20)22-10-8-18(9-11-22)19-5-4-13-30-17-19/h3-11,13,15,17,20H,12,14,16H2,1-2H3/t20-/m0/s1. The van der Waals surface area contributed by atoms with Crippen LogP contribution in [0.15, 0.2) is 78.0 Å². The van der Waals surface area contributed by atoms with Crippen LogP contribution in [0, 0.1) is 5.92 Å². The summed E-state index contributed by atoms with van der Waals surface area (Å²) in [7, 11) is -4.14. The van der Waals surface area contributed by atoms with Crippen molar-refractivity contribution in [1.82, 2.24) is 4.98 Å². The number of carbonyl (C=O) groups is 1. The molecule has 1 aromatic heterocycles. The maximum Gasteiger partial charge on any atom is 0.416 e. The number of carbonyl (C=O) groups excluding carboxylic acids is 1. The van der Waals surface area contributed by atoms with Crippen LogP contribution in [0.25, 0.3) is 11.1 Å². The van der Waals surface area contributed by atoms with Crippen molar-refractivity contribution in [3.05, 3.63) is 78.6 Å². The average Bonchev–Trinajstić information content (AvgIpc) is 2.84. The van der Waals surface area contributed by atoms with Gasteiger partial charge >= 0.3 is 6.18 Å². The van der Waals surface area contributed by atoms with Gasteiger partial charge in [-0.15, -0.1) is 0 Å². The van der Waals surface area contributed by atoms with Gasteiger partial charge in [0.1, 0.15) is 0 Å². The van der Waals surface area contributed by atoms with Gasteiger partial charge in [0.25, 0.3) is 0 Å². The van der Waals surface area contributed by atoms with Gasteiger partial charge in [-0.25, -0.2) is 8.42 Å². The Morgan fingerprint density at radius 3 is 2.29 bits per heavy atom. The lowest BCUT2D eigenvalue weighted by Gasteiger charge is -2.39. The molecule has 4 rings (SSSR count). The van der Waals surface area contributed by atoms with E-state index in [1.54, 1.807) is 17.3 Å². The summed E-state index contributed by atoms with van der Waals surface area (Å²) in [5.74, 6) is -0.761. The molecule has 0 bridgehead atoms. The Hall–Kier alpha value is -3.20. The van der Waals surface area contributed by atoms with Gasteiger partial charge < -0.3 is 4.90 Å². The summed E-state index contributed by atoms with van der Waals surface area (Å²) in [6.45, 7) is 3.29. The first-order valence-corrected chi connectivity index (χ1v) is 12.6. The highest BCUT2D eigenvalue weighted by molar-refractivity contribution is 7.92. The number of aromatic nitrogens is 1. The molecule has 0 radical (unpaired) electrons. The Morgan fingerprint density at radius 1 is 0.971 bits per heavy atom. The second-order valence-corrected chi connectivity index (χ2v) is 11.7. The van der Waals surface area contributed by atoms with Gasteiger partial charge in [0.05, 0.1) is 15.2 Å². The van der Waals surface area contributed by atoms with Crippen LogP contribution in [0.1, 0.15) is 32.3 Å². The lowest BCUT2D eigenvalue weighted by atomic mass is 9.85. The lowest BCUT2D eigenvalue weighted by molar-refractivity contribution is -0.137. The first-order valence-electron chi connectivity index (χ1n) is 11.1. The van der Waals surface area contributed by atoms with E-state index in [4.69, 9.17) is 0 Å². The smallest absolute Gasteiger partial charge is 0.312 e.